The first-order valence-electron chi connectivity index (χ1n) is 7.67. The van der Waals surface area contributed by atoms with Gasteiger partial charge in [-0.1, -0.05) is 6.92 Å². The molecule has 0 aliphatic carbocycles. The van der Waals surface area contributed by atoms with E-state index in [0.29, 0.717) is 25.6 Å². The van der Waals surface area contributed by atoms with Crippen LogP contribution in [0.1, 0.15) is 26.7 Å². The Labute approximate surface area is 139 Å². The number of ether oxygens (including phenoxy) is 1. The van der Waals surface area contributed by atoms with Crippen molar-refractivity contribution in [3.8, 4) is 0 Å². The zero-order chi connectivity index (χ0) is 17.9. The highest BCUT2D eigenvalue weighted by Gasteiger charge is 2.37. The lowest BCUT2D eigenvalue weighted by atomic mass is 10.1. The first kappa shape index (κ1) is 22.0. The molecule has 0 amide bonds. The Kier molecular flexibility index (Phi) is 11.0. The molecule has 1 N–H and O–H groups in total. The van der Waals surface area contributed by atoms with E-state index >= 15 is 0 Å². The van der Waals surface area contributed by atoms with E-state index in [4.69, 9.17) is 23.1 Å². The number of aliphatic carboxylic acids is 1. The minimum Gasteiger partial charge on any atom is -0.481 e. The summed E-state index contributed by atoms with van der Waals surface area (Å²) in [6, 6.07) is -0.212. The molecule has 0 spiro atoms. The molecule has 0 aromatic rings. The number of hydrogen-bond donors (Lipinski definition) is 1. The first-order valence-corrected chi connectivity index (χ1v) is 9.60. The molecule has 0 aliphatic rings. The van der Waals surface area contributed by atoms with Gasteiger partial charge in [0.1, 0.15) is 6.04 Å². The van der Waals surface area contributed by atoms with Crippen LogP contribution in [0.25, 0.3) is 0 Å². The van der Waals surface area contributed by atoms with Crippen LogP contribution < -0.4 is 0 Å². The molecule has 0 saturated carbocycles. The standard InChI is InChI=1S/C14H29NO7Si/c1-6-15(9-8-10-23(19-3,20-4)21-5)12(11-13(16)17)14(18)22-7-2/h12H,6-11H2,1-5H3,(H,16,17)/t12-/m0/s1. The van der Waals surface area contributed by atoms with Gasteiger partial charge < -0.3 is 23.1 Å². The van der Waals surface area contributed by atoms with Crippen molar-refractivity contribution in [2.24, 2.45) is 0 Å². The van der Waals surface area contributed by atoms with Gasteiger partial charge in [-0.15, -0.1) is 0 Å². The van der Waals surface area contributed by atoms with Gasteiger partial charge in [-0.2, -0.15) is 0 Å². The molecule has 0 bridgehead atoms. The van der Waals surface area contributed by atoms with Crippen LogP contribution in [0.4, 0.5) is 0 Å². The Hall–Kier alpha value is -1.00. The summed E-state index contributed by atoms with van der Waals surface area (Å²) in [5, 5.41) is 9.03. The van der Waals surface area contributed by atoms with Gasteiger partial charge in [0.05, 0.1) is 13.0 Å². The highest BCUT2D eigenvalue weighted by Crippen LogP contribution is 2.17. The largest absolute Gasteiger partial charge is 0.500 e. The molecule has 0 heterocycles. The van der Waals surface area contributed by atoms with Gasteiger partial charge in [0.15, 0.2) is 0 Å². The molecule has 0 fully saturated rings. The maximum absolute atomic E-state index is 12.0. The van der Waals surface area contributed by atoms with Gasteiger partial charge in [0.2, 0.25) is 0 Å². The van der Waals surface area contributed by atoms with Gasteiger partial charge >= 0.3 is 20.7 Å². The summed E-state index contributed by atoms with van der Waals surface area (Å²) in [6.07, 6.45) is 0.374. The molecule has 0 aliphatic heterocycles. The van der Waals surface area contributed by atoms with Crippen LogP contribution in [0, 0.1) is 0 Å². The number of nitrogens with zero attached hydrogens (tertiary/aromatic N) is 1. The van der Waals surface area contributed by atoms with Crippen LogP contribution in [0.2, 0.25) is 6.04 Å². The molecule has 23 heavy (non-hydrogen) atoms. The number of rotatable bonds is 13. The summed E-state index contributed by atoms with van der Waals surface area (Å²) in [5.41, 5.74) is 0. The molecule has 9 heteroatoms. The van der Waals surface area contributed by atoms with Gasteiger partial charge in [-0.25, -0.2) is 0 Å². The topological polar surface area (TPSA) is 94.5 Å². The van der Waals surface area contributed by atoms with E-state index in [0.717, 1.165) is 0 Å². The Morgan fingerprint density at radius 1 is 1.13 bits per heavy atom. The number of hydrogen-bond acceptors (Lipinski definition) is 7. The molecular weight excluding hydrogens is 322 g/mol. The fourth-order valence-electron chi connectivity index (χ4n) is 2.35. The third kappa shape index (κ3) is 7.40. The lowest BCUT2D eigenvalue weighted by molar-refractivity contribution is -0.154. The van der Waals surface area contributed by atoms with Gasteiger partial charge in [0.25, 0.3) is 0 Å². The van der Waals surface area contributed by atoms with E-state index in [9.17, 15) is 9.59 Å². The van der Waals surface area contributed by atoms with Crippen molar-refractivity contribution in [2.75, 3.05) is 41.0 Å². The second-order valence-electron chi connectivity index (χ2n) is 4.89. The Morgan fingerprint density at radius 3 is 2.09 bits per heavy atom. The van der Waals surface area contributed by atoms with E-state index < -0.39 is 26.8 Å². The van der Waals surface area contributed by atoms with Crippen LogP contribution in [0.3, 0.4) is 0 Å². The molecule has 0 radical (unpaired) electrons. The zero-order valence-electron chi connectivity index (χ0n) is 14.7. The van der Waals surface area contributed by atoms with E-state index in [1.165, 1.54) is 0 Å². The summed E-state index contributed by atoms with van der Waals surface area (Å²) in [6.45, 7) is 4.86. The number of likely N-dealkylation sites (N-methyl/N-ethyl adjacent to an activating group) is 1. The van der Waals surface area contributed by atoms with Crippen molar-refractivity contribution in [2.45, 2.75) is 38.8 Å². The second-order valence-corrected chi connectivity index (χ2v) is 7.98. The number of carbonyl (C=O) groups excluding carboxylic acids is 1. The maximum atomic E-state index is 12.0. The number of carbonyl (C=O) groups is 2. The van der Waals surface area contributed by atoms with Crippen molar-refractivity contribution in [3.63, 3.8) is 0 Å². The SMILES string of the molecule is CCOC(=O)[C@H](CC(=O)O)N(CC)CCC[Si](OC)(OC)OC. The average molecular weight is 351 g/mol. The van der Waals surface area contributed by atoms with Crippen LogP contribution in [-0.4, -0.2) is 77.8 Å². The summed E-state index contributed by atoms with van der Waals surface area (Å²) < 4.78 is 21.0. The van der Waals surface area contributed by atoms with Crippen molar-refractivity contribution < 1.29 is 32.7 Å². The van der Waals surface area contributed by atoms with Crippen molar-refractivity contribution >= 4 is 20.7 Å². The maximum Gasteiger partial charge on any atom is 0.500 e. The third-order valence-electron chi connectivity index (χ3n) is 3.63. The quantitative estimate of drug-likeness (QED) is 0.388. The average Bonchev–Trinajstić information content (AvgIpc) is 2.54. The molecule has 1 atom stereocenters. The third-order valence-corrected chi connectivity index (χ3v) is 6.47. The summed E-state index contributed by atoms with van der Waals surface area (Å²) in [4.78, 5) is 24.8. The van der Waals surface area contributed by atoms with Crippen LogP contribution in [0.5, 0.6) is 0 Å². The zero-order valence-corrected chi connectivity index (χ0v) is 15.7. The monoisotopic (exact) mass is 351 g/mol. The lowest BCUT2D eigenvalue weighted by Crippen LogP contribution is -2.46. The molecule has 0 rings (SSSR count). The summed E-state index contributed by atoms with van der Waals surface area (Å²) in [7, 11) is 1.97. The fourth-order valence-corrected chi connectivity index (χ4v) is 4.06. The molecule has 8 nitrogen and oxygen atoms in total. The van der Waals surface area contributed by atoms with E-state index in [1.807, 2.05) is 6.92 Å². The van der Waals surface area contributed by atoms with E-state index in [2.05, 4.69) is 0 Å². The molecule has 0 saturated heterocycles. The fraction of sp³-hybridized carbons (Fsp3) is 0.857. The smallest absolute Gasteiger partial charge is 0.481 e. The van der Waals surface area contributed by atoms with Crippen molar-refractivity contribution in [1.82, 2.24) is 4.90 Å². The minimum atomic E-state index is -2.67. The van der Waals surface area contributed by atoms with Crippen molar-refractivity contribution in [3.05, 3.63) is 0 Å². The Balaban J connectivity index is 4.80. The minimum absolute atomic E-state index is 0.222. The Bertz CT molecular complexity index is 355. The molecule has 0 aromatic carbocycles. The number of carboxylic acid groups (broad SMARTS) is 1. The summed E-state index contributed by atoms with van der Waals surface area (Å²) in [5.74, 6) is -1.54. The van der Waals surface area contributed by atoms with Gasteiger partial charge in [-0.05, 0) is 26.4 Å². The highest BCUT2D eigenvalue weighted by molar-refractivity contribution is 6.60. The molecule has 0 unspecified atom stereocenters. The first-order chi connectivity index (χ1) is 10.9. The predicted molar refractivity (Wildman–Crippen MR) is 86.1 cm³/mol. The van der Waals surface area contributed by atoms with Crippen LogP contribution in [0.15, 0.2) is 0 Å². The van der Waals surface area contributed by atoms with Crippen LogP contribution in [-0.2, 0) is 27.6 Å². The predicted octanol–water partition coefficient (Wildman–Crippen LogP) is 0.983. The van der Waals surface area contributed by atoms with Crippen LogP contribution >= 0.6 is 0 Å². The van der Waals surface area contributed by atoms with E-state index in [1.54, 1.807) is 33.2 Å². The number of esters is 1. The molecular formula is C14H29NO7Si. The summed E-state index contributed by atoms with van der Waals surface area (Å²) >= 11 is 0. The van der Waals surface area contributed by atoms with Crippen molar-refractivity contribution in [1.29, 1.82) is 0 Å². The Morgan fingerprint density at radius 2 is 1.70 bits per heavy atom. The lowest BCUT2D eigenvalue weighted by Gasteiger charge is -2.29. The van der Waals surface area contributed by atoms with Gasteiger partial charge in [0, 0.05) is 27.4 Å². The number of carboxylic acids is 1. The van der Waals surface area contributed by atoms with E-state index in [-0.39, 0.29) is 13.0 Å². The molecule has 0 aromatic heterocycles. The second kappa shape index (κ2) is 11.5. The van der Waals surface area contributed by atoms with Gasteiger partial charge in [-0.3, -0.25) is 14.5 Å². The normalized spacial score (nSPS) is 13.1. The highest BCUT2D eigenvalue weighted by atomic mass is 28.4. The molecule has 136 valence electrons.